The van der Waals surface area contributed by atoms with Crippen LogP contribution in [0.15, 0.2) is 378 Å². The van der Waals surface area contributed by atoms with E-state index >= 15 is 0 Å². The summed E-state index contributed by atoms with van der Waals surface area (Å²) in [5.74, 6) is 2.25. The zero-order valence-corrected chi connectivity index (χ0v) is 72.9. The van der Waals surface area contributed by atoms with Crippen LogP contribution < -0.4 is 0 Å². The molecule has 0 radical (unpaired) electrons. The first-order valence-electron chi connectivity index (χ1n) is 46.8. The number of amidine groups is 1. The van der Waals surface area contributed by atoms with Crippen molar-refractivity contribution in [2.75, 3.05) is 0 Å². The van der Waals surface area contributed by atoms with Gasteiger partial charge in [0.05, 0.1) is 28.1 Å². The number of rotatable bonds is 8. The van der Waals surface area contributed by atoms with Crippen LogP contribution in [0.25, 0.3) is 159 Å². The molecule has 612 valence electrons. The van der Waals surface area contributed by atoms with Crippen LogP contribution >= 0.6 is 0 Å². The van der Waals surface area contributed by atoms with Crippen LogP contribution in [0.1, 0.15) is 155 Å². The Morgan fingerprint density at radius 1 is 0.434 bits per heavy atom. The summed E-state index contributed by atoms with van der Waals surface area (Å²) in [7, 11) is 0. The van der Waals surface area contributed by atoms with Gasteiger partial charge in [-0.2, -0.15) is 0 Å². The van der Waals surface area contributed by atoms with Gasteiger partial charge in [0, 0.05) is 44.9 Å². The highest BCUT2D eigenvalue weighted by Crippen LogP contribution is 2.66. The maximum absolute atomic E-state index is 6.17. The van der Waals surface area contributed by atoms with Crippen LogP contribution in [-0.2, 0) is 19.3 Å². The molecule has 27 rings (SSSR count). The minimum absolute atomic E-state index is 0.0563. The molecule has 129 heavy (non-hydrogen) atoms. The summed E-state index contributed by atoms with van der Waals surface area (Å²) in [5, 5.41) is 17.5. The van der Waals surface area contributed by atoms with Crippen LogP contribution in [0.5, 0.6) is 0 Å². The third-order valence-electron chi connectivity index (χ3n) is 31.3. The second-order valence-electron chi connectivity index (χ2n) is 37.9. The second kappa shape index (κ2) is 28.7. The van der Waals surface area contributed by atoms with Crippen LogP contribution in [0.3, 0.4) is 0 Å². The number of benzene rings is 17. The van der Waals surface area contributed by atoms with Crippen molar-refractivity contribution in [1.82, 2.24) is 4.57 Å². The minimum atomic E-state index is 0.0563. The highest BCUT2D eigenvalue weighted by atomic mass is 15.1. The van der Waals surface area contributed by atoms with E-state index < -0.39 is 0 Å². The Morgan fingerprint density at radius 3 is 1.95 bits per heavy atom. The molecule has 0 amide bonds. The van der Waals surface area contributed by atoms with Crippen molar-refractivity contribution in [2.45, 2.75) is 96.8 Å². The maximum atomic E-state index is 6.17. The van der Waals surface area contributed by atoms with Crippen molar-refractivity contribution in [2.24, 2.45) is 32.7 Å². The molecular weight excluding hydrogens is 1560 g/mol. The Balaban J connectivity index is 0.644. The van der Waals surface area contributed by atoms with Crippen LogP contribution in [0.2, 0.25) is 0 Å². The van der Waals surface area contributed by atoms with Crippen molar-refractivity contribution in [3.63, 3.8) is 0 Å². The number of aliphatic imine (C=N–C) groups is 3. The van der Waals surface area contributed by atoms with Gasteiger partial charge in [0.1, 0.15) is 5.84 Å². The fourth-order valence-electron chi connectivity index (χ4n) is 25.9. The summed E-state index contributed by atoms with van der Waals surface area (Å²) in [6.45, 7) is 14.7. The number of fused-ring (bicyclic) bond motifs is 30. The molecule has 0 fully saturated rings. The Labute approximate surface area is 751 Å². The predicted octanol–water partition coefficient (Wildman–Crippen LogP) is 32.3. The topological polar surface area (TPSA) is 42.0 Å². The number of nitrogens with zero attached hydrogens (tertiary/aromatic N) is 4. The van der Waals surface area contributed by atoms with Gasteiger partial charge in [0.2, 0.25) is 0 Å². The molecule has 1 aromatic heterocycles. The summed E-state index contributed by atoms with van der Waals surface area (Å²) >= 11 is 0. The van der Waals surface area contributed by atoms with Crippen molar-refractivity contribution in [1.29, 1.82) is 0 Å². The van der Waals surface area contributed by atoms with E-state index in [1.165, 1.54) is 198 Å². The largest absolute Gasteiger partial charge is 0.293 e. The Bertz CT molecular complexity index is 8430. The molecule has 17 aromatic carbocycles. The van der Waals surface area contributed by atoms with Gasteiger partial charge in [0.15, 0.2) is 5.84 Å². The van der Waals surface area contributed by atoms with Crippen LogP contribution in [-0.4, -0.2) is 22.0 Å². The van der Waals surface area contributed by atoms with Crippen LogP contribution in [0, 0.1) is 17.8 Å². The number of hydrogen-bond acceptors (Lipinski definition) is 2. The maximum Gasteiger partial charge on any atom is 0.162 e. The minimum Gasteiger partial charge on any atom is -0.293 e. The first-order valence-corrected chi connectivity index (χ1v) is 46.8. The van der Waals surface area contributed by atoms with Crippen molar-refractivity contribution in [3.8, 4) is 44.5 Å². The SMILES string of the molecule is C=C(C)C(=NC(=Nc1ccc2ccccc2c1)c1cccc2cc(-c3cccc4c3C3=CCCC5=C3C(Cc3c5c5c(c6ccccc36)-c3c(ccc6ccccc36)CC5C3C(C)=C(c5ccc(-c6ccccc6)cc5)N=C(c5cccc6ccccc56)C3C)C4C)ccc12)n1c2ccc3c(c2c2c4ccccc4c4c(c21)-c1cccc2c1C4C1=C2CCC=C1)C=CCC3. The zero-order chi connectivity index (χ0) is 85.3. The predicted molar refractivity (Wildman–Crippen MR) is 545 cm³/mol. The van der Waals surface area contributed by atoms with E-state index in [1.54, 1.807) is 16.7 Å². The lowest BCUT2D eigenvalue weighted by atomic mass is 9.57. The summed E-state index contributed by atoms with van der Waals surface area (Å²) in [6.07, 6.45) is 20.2. The molecule has 4 heteroatoms. The van der Waals surface area contributed by atoms with E-state index in [0.717, 1.165) is 107 Å². The van der Waals surface area contributed by atoms with E-state index in [-0.39, 0.29) is 35.5 Å². The van der Waals surface area contributed by atoms with Crippen molar-refractivity contribution in [3.05, 3.63) is 440 Å². The van der Waals surface area contributed by atoms with E-state index in [2.05, 4.69) is 372 Å². The second-order valence-corrected chi connectivity index (χ2v) is 37.9. The van der Waals surface area contributed by atoms with E-state index in [0.29, 0.717) is 5.84 Å². The van der Waals surface area contributed by atoms with Crippen molar-refractivity contribution >= 4 is 138 Å². The molecule has 4 nitrogen and oxygen atoms in total. The number of hydrogen-bond donors (Lipinski definition) is 0. The molecule has 1 aliphatic heterocycles. The van der Waals surface area contributed by atoms with Gasteiger partial charge in [-0.3, -0.25) is 9.56 Å². The lowest BCUT2D eigenvalue weighted by Gasteiger charge is -2.47. The molecule has 6 unspecified atom stereocenters. The third kappa shape index (κ3) is 10.9. The van der Waals surface area contributed by atoms with E-state index in [9.17, 15) is 0 Å². The van der Waals surface area contributed by atoms with Gasteiger partial charge >= 0.3 is 0 Å². The lowest BCUT2D eigenvalue weighted by molar-refractivity contribution is 0.406. The molecular formula is C125H92N4. The normalized spacial score (nSPS) is 19.3. The smallest absolute Gasteiger partial charge is 0.162 e. The summed E-state index contributed by atoms with van der Waals surface area (Å²) < 4.78 is 2.52. The summed E-state index contributed by atoms with van der Waals surface area (Å²) in [4.78, 5) is 18.0. The number of aryl methyl sites for hydroxylation is 1. The quantitative estimate of drug-likeness (QED) is 0.107. The molecule has 0 saturated carbocycles. The van der Waals surface area contributed by atoms with Gasteiger partial charge in [-0.1, -0.05) is 336 Å². The van der Waals surface area contributed by atoms with Crippen molar-refractivity contribution < 1.29 is 0 Å². The lowest BCUT2D eigenvalue weighted by Crippen LogP contribution is -2.35. The average molecular weight is 1650 g/mol. The molecule has 2 heterocycles. The number of aromatic nitrogens is 1. The fraction of sp³-hybridized carbons (Fsp3) is 0.144. The molecule has 18 aromatic rings. The Hall–Kier alpha value is -14.7. The molecule has 0 saturated heterocycles. The van der Waals surface area contributed by atoms with Crippen LogP contribution in [0.4, 0.5) is 5.69 Å². The first kappa shape index (κ1) is 74.5. The van der Waals surface area contributed by atoms with Gasteiger partial charge in [-0.25, -0.2) is 9.98 Å². The highest BCUT2D eigenvalue weighted by molar-refractivity contribution is 6.33. The fourth-order valence-corrected chi connectivity index (χ4v) is 25.9. The van der Waals surface area contributed by atoms with E-state index in [1.807, 2.05) is 0 Å². The molecule has 6 atom stereocenters. The summed E-state index contributed by atoms with van der Waals surface area (Å²) in [5.41, 5.74) is 44.6. The zero-order valence-electron chi connectivity index (χ0n) is 72.9. The van der Waals surface area contributed by atoms with Gasteiger partial charge in [-0.05, 0) is 317 Å². The molecule has 0 N–H and O–H groups in total. The molecule has 8 aliphatic carbocycles. The van der Waals surface area contributed by atoms with Gasteiger partial charge < -0.3 is 0 Å². The Morgan fingerprint density at radius 2 is 1.09 bits per heavy atom. The third-order valence-corrected chi connectivity index (χ3v) is 31.3. The monoisotopic (exact) mass is 1650 g/mol. The number of allylic oxidation sites excluding steroid dienone is 11. The Kier molecular flexibility index (Phi) is 16.6. The highest BCUT2D eigenvalue weighted by Gasteiger charge is 2.49. The molecule has 0 bridgehead atoms. The standard InChI is InChI=1S/C125H92N4/c1-70(2)125(129-107-65-62-79-33-13-16-39-90(79)114(107)119-98-45-22-21-44-97(98)117-116-95-42-19-17-40-92(95)94-48-26-53-103(112(94)116)120(117)123(119)129)128-124(126-85-63-60-75-30-9-10-34-81(75)67-85)100-50-24-36-82-66-83(61-64-88(82)100)91-47-25-46-86-71(3)104-69-105-93-41-18-20-43-96(93)115-109-84(59-56-78-32-12-15-38-89(78)109)68-106(118(115)113(105)102-52-27-51-101(110(86)91)111(102)104)108-72(4)121(80-57-54-76(55-58-80)74-28-7-6-8-29-74)127-122(73(108)5)99-49-23-35-77-31-11-14-37-87(77)99/h6-12,14-16,18-26,28-32,34-39,41-51,53-67,71,73,104,106,108,116H,1,13,17,27,33,40,52,68-69H2,2-5H3. The van der Waals surface area contributed by atoms with Gasteiger partial charge in [-0.15, -0.1) is 0 Å². The average Bonchev–Trinajstić information content (AvgIpc) is 1.67. The van der Waals surface area contributed by atoms with E-state index in [4.69, 9.17) is 21.6 Å². The summed E-state index contributed by atoms with van der Waals surface area (Å²) in [6, 6.07) is 118. The first-order chi connectivity index (χ1) is 63.6. The van der Waals surface area contributed by atoms with Gasteiger partial charge in [0.25, 0.3) is 0 Å². The molecule has 9 aliphatic rings. The molecule has 0 spiro atoms.